The van der Waals surface area contributed by atoms with Crippen molar-refractivity contribution >= 4 is 28.5 Å². The Balaban J connectivity index is 2.39. The fourth-order valence-corrected chi connectivity index (χ4v) is 1.60. The van der Waals surface area contributed by atoms with Gasteiger partial charge in [-0.05, 0) is 12.1 Å². The number of para-hydroxylation sites is 1. The average Bonchev–Trinajstić information content (AvgIpc) is 2.62. The summed E-state index contributed by atoms with van der Waals surface area (Å²) in [7, 11) is 1.35. The topological polar surface area (TPSA) is 39.4 Å². The molecule has 2 rings (SSSR count). The van der Waals surface area contributed by atoms with E-state index in [1.54, 1.807) is 12.1 Å². The van der Waals surface area contributed by atoms with E-state index in [2.05, 4.69) is 4.74 Å². The molecule has 2 aromatic rings. The minimum Gasteiger partial charge on any atom is -0.469 e. The van der Waals surface area contributed by atoms with Crippen LogP contribution < -0.4 is 0 Å². The maximum Gasteiger partial charge on any atom is 0.313 e. The number of ether oxygens (including phenoxy) is 1. The van der Waals surface area contributed by atoms with Crippen LogP contribution in [0.2, 0.25) is 5.02 Å². The molecule has 0 unspecified atom stereocenters. The molecule has 78 valence electrons. The molecule has 0 aliphatic rings. The molecule has 3 nitrogen and oxygen atoms in total. The number of rotatable bonds is 2. The highest BCUT2D eigenvalue weighted by molar-refractivity contribution is 6.34. The maximum atomic E-state index is 11.0. The molecule has 0 amide bonds. The number of hydrogen-bond acceptors (Lipinski definition) is 3. The number of hydrogen-bond donors (Lipinski definition) is 0. The predicted octanol–water partition coefficient (Wildman–Crippen LogP) is 2.80. The highest BCUT2D eigenvalue weighted by atomic mass is 35.5. The third-order valence-electron chi connectivity index (χ3n) is 2.09. The minimum atomic E-state index is -0.329. The Hall–Kier alpha value is -1.48. The van der Waals surface area contributed by atoms with Gasteiger partial charge in [-0.2, -0.15) is 0 Å². The standard InChI is InChI=1S/C11H9ClO3/c1-14-10(13)6-8-5-7-3-2-4-9(12)11(7)15-8/h2-5H,6H2,1H3. The molecule has 0 aliphatic heterocycles. The monoisotopic (exact) mass is 224 g/mol. The van der Waals surface area contributed by atoms with Crippen molar-refractivity contribution in [3.8, 4) is 0 Å². The van der Waals surface area contributed by atoms with Gasteiger partial charge in [-0.3, -0.25) is 4.79 Å². The SMILES string of the molecule is COC(=O)Cc1cc2cccc(Cl)c2o1. The summed E-state index contributed by atoms with van der Waals surface area (Å²) in [5.74, 6) is 0.232. The van der Waals surface area contributed by atoms with E-state index in [1.807, 2.05) is 12.1 Å². The minimum absolute atomic E-state index is 0.126. The number of fused-ring (bicyclic) bond motifs is 1. The number of carbonyl (C=O) groups excluding carboxylic acids is 1. The summed E-state index contributed by atoms with van der Waals surface area (Å²) in [5.41, 5.74) is 0.609. The number of furan rings is 1. The lowest BCUT2D eigenvalue weighted by Gasteiger charge is -1.94. The third kappa shape index (κ3) is 1.97. The summed E-state index contributed by atoms with van der Waals surface area (Å²) in [6.07, 6.45) is 0.126. The van der Waals surface area contributed by atoms with Crippen molar-refractivity contribution in [3.63, 3.8) is 0 Å². The molecular weight excluding hydrogens is 216 g/mol. The molecule has 0 bridgehead atoms. The van der Waals surface area contributed by atoms with E-state index in [9.17, 15) is 4.79 Å². The van der Waals surface area contributed by atoms with Gasteiger partial charge in [-0.15, -0.1) is 0 Å². The largest absolute Gasteiger partial charge is 0.469 e. The Morgan fingerprint density at radius 2 is 2.33 bits per heavy atom. The Labute approximate surface area is 91.6 Å². The Bertz CT molecular complexity index is 502. The molecule has 0 fully saturated rings. The second-order valence-corrected chi connectivity index (χ2v) is 3.53. The van der Waals surface area contributed by atoms with Gasteiger partial charge in [0, 0.05) is 5.39 Å². The Morgan fingerprint density at radius 3 is 3.00 bits per heavy atom. The first kappa shape index (κ1) is 10.1. The van der Waals surface area contributed by atoms with E-state index in [0.717, 1.165) is 5.39 Å². The summed E-state index contributed by atoms with van der Waals surface area (Å²) in [6.45, 7) is 0. The van der Waals surface area contributed by atoms with Gasteiger partial charge in [0.1, 0.15) is 12.2 Å². The molecular formula is C11H9ClO3. The summed E-state index contributed by atoms with van der Waals surface area (Å²) >= 11 is 5.93. The van der Waals surface area contributed by atoms with Crippen LogP contribution in [0, 0.1) is 0 Å². The van der Waals surface area contributed by atoms with Crippen molar-refractivity contribution in [1.29, 1.82) is 0 Å². The van der Waals surface area contributed by atoms with Crippen LogP contribution in [0.15, 0.2) is 28.7 Å². The van der Waals surface area contributed by atoms with E-state index in [-0.39, 0.29) is 12.4 Å². The van der Waals surface area contributed by atoms with Crippen molar-refractivity contribution in [2.45, 2.75) is 6.42 Å². The van der Waals surface area contributed by atoms with Crippen LogP contribution in [0.1, 0.15) is 5.76 Å². The molecule has 0 saturated heterocycles. The summed E-state index contributed by atoms with van der Waals surface area (Å²) in [6, 6.07) is 7.25. The molecule has 4 heteroatoms. The van der Waals surface area contributed by atoms with Crippen LogP contribution in [0.4, 0.5) is 0 Å². The first-order valence-corrected chi connectivity index (χ1v) is 4.82. The van der Waals surface area contributed by atoms with Gasteiger partial charge in [0.05, 0.1) is 12.1 Å². The summed E-state index contributed by atoms with van der Waals surface area (Å²) < 4.78 is 9.99. The molecule has 1 heterocycles. The van der Waals surface area contributed by atoms with Crippen molar-refractivity contribution in [3.05, 3.63) is 35.0 Å². The molecule has 0 aliphatic carbocycles. The predicted molar refractivity (Wildman–Crippen MR) is 56.9 cm³/mol. The Morgan fingerprint density at radius 1 is 1.53 bits per heavy atom. The fraction of sp³-hybridized carbons (Fsp3) is 0.182. The molecule has 1 aromatic carbocycles. The zero-order chi connectivity index (χ0) is 10.8. The van der Waals surface area contributed by atoms with Gasteiger partial charge >= 0.3 is 5.97 Å². The van der Waals surface area contributed by atoms with Gasteiger partial charge in [0.15, 0.2) is 5.58 Å². The van der Waals surface area contributed by atoms with E-state index in [0.29, 0.717) is 16.4 Å². The highest BCUT2D eigenvalue weighted by Crippen LogP contribution is 2.26. The van der Waals surface area contributed by atoms with Crippen LogP contribution in [0.3, 0.4) is 0 Å². The second-order valence-electron chi connectivity index (χ2n) is 3.12. The molecule has 0 saturated carbocycles. The van der Waals surface area contributed by atoms with E-state index in [1.165, 1.54) is 7.11 Å². The number of carbonyl (C=O) groups is 1. The first-order chi connectivity index (χ1) is 7.20. The molecule has 0 radical (unpaired) electrons. The van der Waals surface area contributed by atoms with Crippen molar-refractivity contribution in [2.75, 3.05) is 7.11 Å². The van der Waals surface area contributed by atoms with E-state index < -0.39 is 0 Å². The van der Waals surface area contributed by atoms with Crippen molar-refractivity contribution in [2.24, 2.45) is 0 Å². The number of halogens is 1. The fourth-order valence-electron chi connectivity index (χ4n) is 1.38. The van der Waals surface area contributed by atoms with Gasteiger partial charge in [0.25, 0.3) is 0 Å². The Kier molecular flexibility index (Phi) is 2.64. The molecule has 15 heavy (non-hydrogen) atoms. The maximum absolute atomic E-state index is 11.0. The average molecular weight is 225 g/mol. The zero-order valence-electron chi connectivity index (χ0n) is 8.12. The van der Waals surface area contributed by atoms with Crippen LogP contribution >= 0.6 is 11.6 Å². The quantitative estimate of drug-likeness (QED) is 0.737. The highest BCUT2D eigenvalue weighted by Gasteiger charge is 2.10. The van der Waals surface area contributed by atoms with Crippen LogP contribution in [-0.2, 0) is 16.0 Å². The lowest BCUT2D eigenvalue weighted by atomic mass is 10.2. The number of esters is 1. The number of benzene rings is 1. The lowest BCUT2D eigenvalue weighted by molar-refractivity contribution is -0.140. The first-order valence-electron chi connectivity index (χ1n) is 4.44. The normalized spacial score (nSPS) is 10.5. The van der Waals surface area contributed by atoms with Gasteiger partial charge in [-0.25, -0.2) is 0 Å². The van der Waals surface area contributed by atoms with Gasteiger partial charge in [-0.1, -0.05) is 23.7 Å². The van der Waals surface area contributed by atoms with Gasteiger partial charge in [0.2, 0.25) is 0 Å². The third-order valence-corrected chi connectivity index (χ3v) is 2.39. The second kappa shape index (κ2) is 3.95. The zero-order valence-corrected chi connectivity index (χ0v) is 8.88. The molecule has 0 spiro atoms. The lowest BCUT2D eigenvalue weighted by Crippen LogP contribution is -2.03. The van der Waals surface area contributed by atoms with Crippen molar-refractivity contribution < 1.29 is 13.9 Å². The summed E-state index contributed by atoms with van der Waals surface area (Å²) in [4.78, 5) is 11.0. The molecule has 0 atom stereocenters. The van der Waals surface area contributed by atoms with E-state index in [4.69, 9.17) is 16.0 Å². The smallest absolute Gasteiger partial charge is 0.313 e. The molecule has 0 N–H and O–H groups in total. The van der Waals surface area contributed by atoms with Gasteiger partial charge < -0.3 is 9.15 Å². The van der Waals surface area contributed by atoms with E-state index >= 15 is 0 Å². The van der Waals surface area contributed by atoms with Crippen LogP contribution in [0.5, 0.6) is 0 Å². The number of methoxy groups -OCH3 is 1. The molecule has 1 aromatic heterocycles. The van der Waals surface area contributed by atoms with Crippen molar-refractivity contribution in [1.82, 2.24) is 0 Å². The summed E-state index contributed by atoms with van der Waals surface area (Å²) in [5, 5.41) is 1.44. The van der Waals surface area contributed by atoms with Crippen LogP contribution in [-0.4, -0.2) is 13.1 Å². The van der Waals surface area contributed by atoms with Crippen LogP contribution in [0.25, 0.3) is 11.0 Å².